The third-order valence-corrected chi connectivity index (χ3v) is 5.19. The summed E-state index contributed by atoms with van der Waals surface area (Å²) in [5.74, 6) is -0.910. The lowest BCUT2D eigenvalue weighted by Crippen LogP contribution is -2.40. The molecule has 28 heavy (non-hydrogen) atoms. The first-order valence-electron chi connectivity index (χ1n) is 11.2. The van der Waals surface area contributed by atoms with Gasteiger partial charge >= 0.3 is 0 Å². The summed E-state index contributed by atoms with van der Waals surface area (Å²) in [5, 5.41) is 14.5. The van der Waals surface area contributed by atoms with E-state index >= 15 is 0 Å². The Kier molecular flexibility index (Phi) is 13.1. The molecule has 0 fully saturated rings. The van der Waals surface area contributed by atoms with Crippen LogP contribution in [-0.4, -0.2) is 17.8 Å². The van der Waals surface area contributed by atoms with E-state index in [0.717, 1.165) is 37.8 Å². The van der Waals surface area contributed by atoms with E-state index in [9.17, 15) is 14.7 Å². The fourth-order valence-corrected chi connectivity index (χ4v) is 3.36. The molecule has 0 heterocycles. The number of carboxylic acids is 1. The summed E-state index contributed by atoms with van der Waals surface area (Å²) in [5.41, 5.74) is 1.42. The van der Waals surface area contributed by atoms with E-state index in [-0.39, 0.29) is 5.78 Å². The van der Waals surface area contributed by atoms with Crippen molar-refractivity contribution in [3.05, 3.63) is 29.8 Å². The lowest BCUT2D eigenvalue weighted by atomic mass is 10.0. The van der Waals surface area contributed by atoms with Crippen molar-refractivity contribution in [1.29, 1.82) is 0 Å². The minimum Gasteiger partial charge on any atom is -0.548 e. The van der Waals surface area contributed by atoms with Crippen LogP contribution >= 0.6 is 0 Å². The van der Waals surface area contributed by atoms with Gasteiger partial charge in [0, 0.05) is 17.7 Å². The number of hydrogen-bond donors (Lipinski definition) is 1. The van der Waals surface area contributed by atoms with Crippen LogP contribution in [0.25, 0.3) is 0 Å². The average molecular weight is 389 g/mol. The van der Waals surface area contributed by atoms with Gasteiger partial charge in [0.1, 0.15) is 0 Å². The lowest BCUT2D eigenvalue weighted by molar-refractivity contribution is -0.306. The molecular weight excluding hydrogens is 350 g/mol. The van der Waals surface area contributed by atoms with E-state index in [1.54, 1.807) is 24.3 Å². The smallest absolute Gasteiger partial charge is 0.162 e. The molecule has 1 aromatic carbocycles. The lowest BCUT2D eigenvalue weighted by Gasteiger charge is -2.21. The minimum absolute atomic E-state index is 0.159. The summed E-state index contributed by atoms with van der Waals surface area (Å²) < 4.78 is 0. The number of aliphatic carboxylic acids is 1. The molecule has 0 amide bonds. The van der Waals surface area contributed by atoms with Crippen LogP contribution in [0.1, 0.15) is 108 Å². The van der Waals surface area contributed by atoms with Gasteiger partial charge in [0.25, 0.3) is 0 Å². The second-order valence-electron chi connectivity index (χ2n) is 7.74. The molecule has 1 aromatic rings. The van der Waals surface area contributed by atoms with Gasteiger partial charge in [0.2, 0.25) is 0 Å². The number of anilines is 1. The molecular formula is C24H38NO3-. The summed E-state index contributed by atoms with van der Waals surface area (Å²) in [6.07, 6.45) is 13.6. The van der Waals surface area contributed by atoms with Crippen LogP contribution in [0.5, 0.6) is 0 Å². The number of carbonyl (C=O) groups excluding carboxylic acids is 2. The maximum Gasteiger partial charge on any atom is 0.162 e. The number of carbonyl (C=O) groups is 2. The quantitative estimate of drug-likeness (QED) is 0.282. The number of nitrogens with one attached hydrogen (secondary N) is 1. The molecule has 1 N–H and O–H groups in total. The fourth-order valence-electron chi connectivity index (χ4n) is 3.36. The molecule has 0 saturated heterocycles. The van der Waals surface area contributed by atoms with Crippen LogP contribution in [0.3, 0.4) is 0 Å². The van der Waals surface area contributed by atoms with Crippen LogP contribution < -0.4 is 10.4 Å². The maximum atomic E-state index is 12.2. The molecule has 0 aliphatic carbocycles. The highest BCUT2D eigenvalue weighted by molar-refractivity contribution is 5.96. The third kappa shape index (κ3) is 10.5. The number of hydrogen-bond acceptors (Lipinski definition) is 4. The summed E-state index contributed by atoms with van der Waals surface area (Å²) in [4.78, 5) is 23.7. The molecule has 0 aromatic heterocycles. The van der Waals surface area contributed by atoms with Crippen molar-refractivity contribution in [3.8, 4) is 0 Å². The zero-order valence-electron chi connectivity index (χ0n) is 17.8. The molecule has 4 heteroatoms. The van der Waals surface area contributed by atoms with Crippen LogP contribution in [0.15, 0.2) is 24.3 Å². The largest absolute Gasteiger partial charge is 0.548 e. The minimum atomic E-state index is -1.07. The summed E-state index contributed by atoms with van der Waals surface area (Å²) >= 11 is 0. The van der Waals surface area contributed by atoms with Crippen LogP contribution in [0.4, 0.5) is 5.69 Å². The van der Waals surface area contributed by atoms with Gasteiger partial charge in [-0.25, -0.2) is 0 Å². The highest BCUT2D eigenvalue weighted by Gasteiger charge is 2.11. The van der Waals surface area contributed by atoms with Crippen molar-refractivity contribution >= 4 is 17.4 Å². The van der Waals surface area contributed by atoms with Crippen molar-refractivity contribution in [2.75, 3.05) is 5.32 Å². The highest BCUT2D eigenvalue weighted by Crippen LogP contribution is 2.16. The summed E-state index contributed by atoms with van der Waals surface area (Å²) in [7, 11) is 0. The van der Waals surface area contributed by atoms with Gasteiger partial charge in [-0.2, -0.15) is 0 Å². The number of rotatable bonds is 17. The maximum absolute atomic E-state index is 12.2. The van der Waals surface area contributed by atoms with Gasteiger partial charge < -0.3 is 15.2 Å². The Morgan fingerprint density at radius 3 is 1.93 bits per heavy atom. The van der Waals surface area contributed by atoms with Crippen molar-refractivity contribution in [1.82, 2.24) is 0 Å². The number of ketones is 1. The van der Waals surface area contributed by atoms with Gasteiger partial charge in [-0.1, -0.05) is 78.1 Å². The fraction of sp³-hybridized carbons (Fsp3) is 0.667. The van der Waals surface area contributed by atoms with Gasteiger partial charge in [-0.15, -0.1) is 0 Å². The molecule has 0 spiro atoms. The number of Topliss-reactive ketones (excluding diaryl/α,β-unsaturated/α-hetero) is 1. The standard InChI is InChI=1S/C24H39NO3/c1-3-5-7-9-11-12-14-22(24(27)28)25-21-18-16-20(17-19-21)23(26)15-13-10-8-6-4-2/h16-19,22,25H,3-15H2,1-2H3,(H,27,28)/p-1. The van der Waals surface area contributed by atoms with Crippen molar-refractivity contribution in [3.63, 3.8) is 0 Å². The Hall–Kier alpha value is -1.84. The molecule has 1 atom stereocenters. The number of carboxylic acid groups (broad SMARTS) is 1. The second-order valence-corrected chi connectivity index (χ2v) is 7.74. The summed E-state index contributed by atoms with van der Waals surface area (Å²) in [6.45, 7) is 4.36. The zero-order chi connectivity index (χ0) is 20.6. The Morgan fingerprint density at radius 1 is 0.821 bits per heavy atom. The zero-order valence-corrected chi connectivity index (χ0v) is 17.8. The summed E-state index contributed by atoms with van der Waals surface area (Å²) in [6, 6.07) is 6.47. The Morgan fingerprint density at radius 2 is 1.36 bits per heavy atom. The number of unbranched alkanes of at least 4 members (excludes halogenated alkanes) is 9. The van der Waals surface area contributed by atoms with E-state index in [4.69, 9.17) is 0 Å². The highest BCUT2D eigenvalue weighted by atomic mass is 16.4. The molecule has 1 rings (SSSR count). The Balaban J connectivity index is 2.40. The van der Waals surface area contributed by atoms with E-state index in [0.29, 0.717) is 18.4 Å². The first-order chi connectivity index (χ1) is 13.6. The molecule has 158 valence electrons. The first-order valence-corrected chi connectivity index (χ1v) is 11.2. The van der Waals surface area contributed by atoms with Crippen molar-refractivity contribution in [2.45, 2.75) is 103 Å². The van der Waals surface area contributed by atoms with E-state index < -0.39 is 12.0 Å². The molecule has 0 radical (unpaired) electrons. The van der Waals surface area contributed by atoms with Gasteiger partial charge in [-0.05, 0) is 37.1 Å². The Bertz CT molecular complexity index is 553. The van der Waals surface area contributed by atoms with Crippen LogP contribution in [-0.2, 0) is 4.79 Å². The predicted molar refractivity (Wildman–Crippen MR) is 115 cm³/mol. The first kappa shape index (κ1) is 24.2. The van der Waals surface area contributed by atoms with Crippen LogP contribution in [0.2, 0.25) is 0 Å². The van der Waals surface area contributed by atoms with E-state index in [1.807, 2.05) is 0 Å². The normalized spacial score (nSPS) is 11.9. The van der Waals surface area contributed by atoms with Gasteiger partial charge in [-0.3, -0.25) is 4.79 Å². The number of benzene rings is 1. The average Bonchev–Trinajstić information content (AvgIpc) is 2.69. The predicted octanol–water partition coefficient (Wildman–Crippen LogP) is 5.51. The topological polar surface area (TPSA) is 69.2 Å². The molecule has 0 aliphatic heterocycles. The molecule has 1 unspecified atom stereocenters. The molecule has 4 nitrogen and oxygen atoms in total. The van der Waals surface area contributed by atoms with Crippen molar-refractivity contribution in [2.24, 2.45) is 0 Å². The van der Waals surface area contributed by atoms with Crippen molar-refractivity contribution < 1.29 is 14.7 Å². The van der Waals surface area contributed by atoms with E-state index in [1.165, 1.54) is 38.5 Å². The monoisotopic (exact) mass is 388 g/mol. The van der Waals surface area contributed by atoms with Gasteiger partial charge in [0.15, 0.2) is 5.78 Å². The second kappa shape index (κ2) is 15.1. The van der Waals surface area contributed by atoms with Gasteiger partial charge in [0.05, 0.1) is 12.0 Å². The van der Waals surface area contributed by atoms with E-state index in [2.05, 4.69) is 19.2 Å². The van der Waals surface area contributed by atoms with Crippen LogP contribution in [0, 0.1) is 0 Å². The SMILES string of the molecule is CCCCCCCCC(Nc1ccc(C(=O)CCCCCCC)cc1)C(=O)[O-]. The Labute approximate surface area is 171 Å². The molecule has 0 bridgehead atoms. The third-order valence-electron chi connectivity index (χ3n) is 5.19. The molecule has 0 saturated carbocycles. The molecule has 0 aliphatic rings.